The fraction of sp³-hybridized carbons (Fsp3) is 0.160. The zero-order valence-electron chi connectivity index (χ0n) is 19.2. The minimum absolute atomic E-state index is 0.0546. The number of hydrogen-bond acceptors (Lipinski definition) is 4. The minimum Gasteiger partial charge on any atom is -0.291 e. The fourth-order valence-electron chi connectivity index (χ4n) is 3.76. The van der Waals surface area contributed by atoms with Gasteiger partial charge in [-0.1, -0.05) is 72.5 Å². The molecule has 3 aromatic carbocycles. The van der Waals surface area contributed by atoms with E-state index in [2.05, 4.69) is 4.98 Å². The average Bonchev–Trinajstić information content (AvgIpc) is 3.24. The second-order valence-corrected chi connectivity index (χ2v) is 12.3. The van der Waals surface area contributed by atoms with Gasteiger partial charge in [0.2, 0.25) is 10.0 Å². The highest BCUT2D eigenvalue weighted by molar-refractivity contribution is 7.98. The van der Waals surface area contributed by atoms with Crippen LogP contribution in [-0.2, 0) is 21.2 Å². The Bertz CT molecular complexity index is 1540. The normalized spacial score (nSPS) is 12.2. The molecule has 0 radical (unpaired) electrons. The van der Waals surface area contributed by atoms with Crippen LogP contribution in [0.5, 0.6) is 0 Å². The van der Waals surface area contributed by atoms with Crippen molar-refractivity contribution in [1.82, 2.24) is 9.55 Å². The van der Waals surface area contributed by atoms with Crippen LogP contribution < -0.4 is 5.14 Å². The van der Waals surface area contributed by atoms with E-state index in [4.69, 9.17) is 39.9 Å². The third kappa shape index (κ3) is 5.59. The number of halogens is 4. The topological polar surface area (TPSA) is 78.0 Å². The van der Waals surface area contributed by atoms with Crippen LogP contribution in [0.25, 0.3) is 5.69 Å². The molecule has 0 unspecified atom stereocenters. The summed E-state index contributed by atoms with van der Waals surface area (Å²) >= 11 is 20.0. The van der Waals surface area contributed by atoms with Crippen molar-refractivity contribution in [3.63, 3.8) is 0 Å². The Hall–Kier alpha value is -2.07. The Morgan fingerprint density at radius 2 is 1.67 bits per heavy atom. The van der Waals surface area contributed by atoms with Crippen LogP contribution in [0.3, 0.4) is 0 Å². The number of rotatable bonds is 7. The Labute approximate surface area is 228 Å². The standard InChI is InChI=1S/C25H21Cl3FN3O2S2/c1-25(2,16-4-9-19(26)20(27)12-16)23-13-31-24(32(23)18-7-5-17(29)6-8-18)35-14-15-3-10-22(21(28)11-15)36(30,33)34/h3-13H,14H2,1-2H3,(H2,30,33,34). The predicted molar refractivity (Wildman–Crippen MR) is 144 cm³/mol. The van der Waals surface area contributed by atoms with Crippen molar-refractivity contribution in [2.75, 3.05) is 0 Å². The van der Waals surface area contributed by atoms with Crippen LogP contribution >= 0.6 is 46.6 Å². The summed E-state index contributed by atoms with van der Waals surface area (Å²) in [7, 11) is -3.91. The van der Waals surface area contributed by atoms with Gasteiger partial charge in [-0.05, 0) is 59.7 Å². The molecular weight excluding hydrogens is 564 g/mol. The van der Waals surface area contributed by atoms with Crippen molar-refractivity contribution >= 4 is 56.6 Å². The highest BCUT2D eigenvalue weighted by Gasteiger charge is 2.30. The van der Waals surface area contributed by atoms with E-state index in [1.807, 2.05) is 30.5 Å². The molecule has 0 spiro atoms. The molecular formula is C25H21Cl3FN3O2S2. The van der Waals surface area contributed by atoms with Gasteiger partial charge in [0.1, 0.15) is 10.7 Å². The summed E-state index contributed by atoms with van der Waals surface area (Å²) in [6, 6.07) is 16.3. The fourth-order valence-corrected chi connectivity index (χ4v) is 6.11. The van der Waals surface area contributed by atoms with Crippen LogP contribution in [-0.4, -0.2) is 18.0 Å². The molecule has 0 saturated carbocycles. The molecule has 0 bridgehead atoms. The van der Waals surface area contributed by atoms with Crippen LogP contribution in [0.15, 0.2) is 76.9 Å². The van der Waals surface area contributed by atoms with Gasteiger partial charge in [0, 0.05) is 16.9 Å². The molecule has 5 nitrogen and oxygen atoms in total. The number of aromatic nitrogens is 2. The first kappa shape index (κ1) is 27.0. The quantitative estimate of drug-likeness (QED) is 0.232. The summed E-state index contributed by atoms with van der Waals surface area (Å²) in [6.07, 6.45) is 1.78. The number of hydrogen-bond donors (Lipinski definition) is 1. The lowest BCUT2D eigenvalue weighted by Gasteiger charge is -2.28. The first-order chi connectivity index (χ1) is 16.9. The minimum atomic E-state index is -3.91. The number of thioether (sulfide) groups is 1. The molecule has 188 valence electrons. The number of nitrogens with two attached hydrogens (primary N) is 1. The highest BCUT2D eigenvalue weighted by Crippen LogP contribution is 2.38. The average molecular weight is 585 g/mol. The summed E-state index contributed by atoms with van der Waals surface area (Å²) in [6.45, 7) is 4.09. The zero-order valence-corrected chi connectivity index (χ0v) is 23.1. The van der Waals surface area contributed by atoms with Gasteiger partial charge in [0.05, 0.1) is 27.0 Å². The molecule has 1 aromatic heterocycles. The van der Waals surface area contributed by atoms with E-state index < -0.39 is 15.4 Å². The molecule has 0 saturated heterocycles. The lowest BCUT2D eigenvalue weighted by molar-refractivity contribution is 0.591. The predicted octanol–water partition coefficient (Wildman–Crippen LogP) is 7.24. The molecule has 36 heavy (non-hydrogen) atoms. The summed E-state index contributed by atoms with van der Waals surface area (Å²) in [4.78, 5) is 4.54. The molecule has 0 aliphatic rings. The second kappa shape index (κ2) is 10.4. The summed E-state index contributed by atoms with van der Waals surface area (Å²) in [5.74, 6) is 0.109. The lowest BCUT2D eigenvalue weighted by atomic mass is 9.81. The van der Waals surface area contributed by atoms with E-state index in [9.17, 15) is 12.8 Å². The third-order valence-electron chi connectivity index (χ3n) is 5.77. The molecule has 2 N–H and O–H groups in total. The van der Waals surface area contributed by atoms with E-state index in [1.165, 1.54) is 30.0 Å². The number of imidazole rings is 1. The first-order valence-electron chi connectivity index (χ1n) is 10.6. The van der Waals surface area contributed by atoms with Crippen LogP contribution in [0.1, 0.15) is 30.7 Å². The van der Waals surface area contributed by atoms with Crippen molar-refractivity contribution in [1.29, 1.82) is 0 Å². The Morgan fingerprint density at radius 1 is 0.972 bits per heavy atom. The van der Waals surface area contributed by atoms with E-state index >= 15 is 0 Å². The number of primary sulfonamides is 1. The Morgan fingerprint density at radius 3 is 2.28 bits per heavy atom. The van der Waals surface area contributed by atoms with Gasteiger partial charge in [-0.25, -0.2) is 22.9 Å². The van der Waals surface area contributed by atoms with E-state index in [1.54, 1.807) is 36.5 Å². The van der Waals surface area contributed by atoms with Gasteiger partial charge in [0.15, 0.2) is 5.16 Å². The van der Waals surface area contributed by atoms with Gasteiger partial charge in [-0.2, -0.15) is 0 Å². The Balaban J connectivity index is 1.74. The van der Waals surface area contributed by atoms with E-state index in [0.29, 0.717) is 21.0 Å². The van der Waals surface area contributed by atoms with E-state index in [-0.39, 0.29) is 15.7 Å². The van der Waals surface area contributed by atoms with Crippen molar-refractivity contribution in [3.05, 3.63) is 105 Å². The first-order valence-corrected chi connectivity index (χ1v) is 14.3. The molecule has 0 atom stereocenters. The van der Waals surface area contributed by atoms with Crippen molar-refractivity contribution in [2.45, 2.75) is 35.1 Å². The Kier molecular flexibility index (Phi) is 7.76. The summed E-state index contributed by atoms with van der Waals surface area (Å²) < 4.78 is 39.0. The van der Waals surface area contributed by atoms with Gasteiger partial charge in [-0.3, -0.25) is 4.57 Å². The molecule has 1 heterocycles. The van der Waals surface area contributed by atoms with Crippen molar-refractivity contribution < 1.29 is 12.8 Å². The van der Waals surface area contributed by atoms with Gasteiger partial charge >= 0.3 is 0 Å². The molecule has 0 aliphatic carbocycles. The third-order valence-corrected chi connectivity index (χ3v) is 8.92. The van der Waals surface area contributed by atoms with Gasteiger partial charge < -0.3 is 0 Å². The maximum absolute atomic E-state index is 13.7. The monoisotopic (exact) mass is 583 g/mol. The van der Waals surface area contributed by atoms with Crippen LogP contribution in [0.4, 0.5) is 4.39 Å². The molecule has 0 fully saturated rings. The lowest BCUT2D eigenvalue weighted by Crippen LogP contribution is -2.23. The number of nitrogens with zero attached hydrogens (tertiary/aromatic N) is 2. The molecule has 4 aromatic rings. The zero-order chi connectivity index (χ0) is 26.3. The maximum atomic E-state index is 13.7. The molecule has 0 amide bonds. The number of benzene rings is 3. The second-order valence-electron chi connectivity index (χ2n) is 8.59. The van der Waals surface area contributed by atoms with Crippen molar-refractivity contribution in [2.24, 2.45) is 5.14 Å². The summed E-state index contributed by atoms with van der Waals surface area (Å²) in [5.41, 5.74) is 2.78. The molecule has 4 rings (SSSR count). The van der Waals surface area contributed by atoms with Gasteiger partial charge in [0.25, 0.3) is 0 Å². The smallest absolute Gasteiger partial charge is 0.239 e. The molecule has 0 aliphatic heterocycles. The van der Waals surface area contributed by atoms with Crippen LogP contribution in [0, 0.1) is 5.82 Å². The van der Waals surface area contributed by atoms with Gasteiger partial charge in [-0.15, -0.1) is 0 Å². The SMILES string of the molecule is CC(C)(c1ccc(Cl)c(Cl)c1)c1cnc(SCc2ccc(S(N)(=O)=O)c(Cl)c2)n1-c1ccc(F)cc1. The largest absolute Gasteiger partial charge is 0.291 e. The summed E-state index contributed by atoms with van der Waals surface area (Å²) in [5, 5.41) is 6.83. The van der Waals surface area contributed by atoms with Crippen LogP contribution in [0.2, 0.25) is 15.1 Å². The van der Waals surface area contributed by atoms with Crippen molar-refractivity contribution in [3.8, 4) is 5.69 Å². The maximum Gasteiger partial charge on any atom is 0.239 e. The number of sulfonamides is 1. The highest BCUT2D eigenvalue weighted by atomic mass is 35.5. The van der Waals surface area contributed by atoms with E-state index in [0.717, 1.165) is 22.5 Å². The molecule has 11 heteroatoms.